The van der Waals surface area contributed by atoms with Gasteiger partial charge in [0.1, 0.15) is 23.0 Å². The highest BCUT2D eigenvalue weighted by Crippen LogP contribution is 2.38. The van der Waals surface area contributed by atoms with E-state index in [4.69, 9.17) is 0 Å². The van der Waals surface area contributed by atoms with Crippen LogP contribution in [0.25, 0.3) is 11.1 Å². The van der Waals surface area contributed by atoms with Gasteiger partial charge in [-0.25, -0.2) is 22.0 Å². The van der Waals surface area contributed by atoms with Crippen LogP contribution in [0, 0.1) is 11.6 Å². The lowest BCUT2D eigenvalue weighted by molar-refractivity contribution is -0.224. The van der Waals surface area contributed by atoms with Crippen LogP contribution in [0.1, 0.15) is 5.56 Å². The summed E-state index contributed by atoms with van der Waals surface area (Å²) in [6.07, 6.45) is -5.95. The lowest BCUT2D eigenvalue weighted by Crippen LogP contribution is -2.21. The first-order valence-electron chi connectivity index (χ1n) is 7.90. The average molecular weight is 400 g/mol. The van der Waals surface area contributed by atoms with Crippen molar-refractivity contribution in [2.45, 2.75) is 12.3 Å². The van der Waals surface area contributed by atoms with Crippen LogP contribution in [-0.4, -0.2) is 6.17 Å². The van der Waals surface area contributed by atoms with Crippen molar-refractivity contribution < 1.29 is 35.5 Å². The standard InChI is InChI=1S/C20H11F7O/c21-14-7-6-13(10-17(24)19(14)25)28-20(26,27)18-15(22)8-12(9-16(18)23)11-4-2-1-3-5-11/h1-10,14H. The Morgan fingerprint density at radius 2 is 1.46 bits per heavy atom. The van der Waals surface area contributed by atoms with E-state index in [2.05, 4.69) is 4.74 Å². The van der Waals surface area contributed by atoms with E-state index in [-0.39, 0.29) is 11.6 Å². The molecule has 0 spiro atoms. The van der Waals surface area contributed by atoms with Gasteiger partial charge in [0.25, 0.3) is 0 Å². The molecule has 2 aromatic rings. The van der Waals surface area contributed by atoms with E-state index in [0.29, 0.717) is 29.8 Å². The molecular formula is C20H11F7O. The summed E-state index contributed by atoms with van der Waals surface area (Å²) >= 11 is 0. The maximum Gasteiger partial charge on any atom is 0.432 e. The summed E-state index contributed by atoms with van der Waals surface area (Å²) in [5.74, 6) is -7.82. The smallest absolute Gasteiger partial charge is 0.429 e. The zero-order valence-electron chi connectivity index (χ0n) is 13.9. The van der Waals surface area contributed by atoms with Crippen LogP contribution in [0.4, 0.5) is 30.7 Å². The van der Waals surface area contributed by atoms with Gasteiger partial charge >= 0.3 is 6.11 Å². The van der Waals surface area contributed by atoms with Gasteiger partial charge in [-0.3, -0.25) is 0 Å². The van der Waals surface area contributed by atoms with Crippen LogP contribution >= 0.6 is 0 Å². The van der Waals surface area contributed by atoms with E-state index in [1.165, 1.54) is 12.1 Å². The van der Waals surface area contributed by atoms with Crippen molar-refractivity contribution in [3.05, 3.63) is 95.3 Å². The molecule has 2 aromatic carbocycles. The van der Waals surface area contributed by atoms with Gasteiger partial charge < -0.3 is 4.74 Å². The number of alkyl halides is 3. The molecule has 1 aliphatic rings. The van der Waals surface area contributed by atoms with Crippen molar-refractivity contribution in [3.63, 3.8) is 0 Å². The Bertz CT molecular complexity index is 954. The second-order valence-electron chi connectivity index (χ2n) is 5.80. The minimum atomic E-state index is -4.58. The summed E-state index contributed by atoms with van der Waals surface area (Å²) in [6, 6.07) is 9.31. The minimum Gasteiger partial charge on any atom is -0.429 e. The maximum absolute atomic E-state index is 14.3. The molecule has 146 valence electrons. The summed E-state index contributed by atoms with van der Waals surface area (Å²) in [6.45, 7) is 0. The quantitative estimate of drug-likeness (QED) is 0.523. The highest BCUT2D eigenvalue weighted by Gasteiger charge is 2.41. The Kier molecular flexibility index (Phi) is 5.31. The first kappa shape index (κ1) is 19.7. The second-order valence-corrected chi connectivity index (χ2v) is 5.80. The van der Waals surface area contributed by atoms with Crippen LogP contribution in [0.2, 0.25) is 0 Å². The zero-order chi connectivity index (χ0) is 20.5. The molecule has 0 saturated carbocycles. The van der Waals surface area contributed by atoms with Crippen molar-refractivity contribution in [1.29, 1.82) is 0 Å². The van der Waals surface area contributed by atoms with E-state index in [0.717, 1.165) is 0 Å². The molecule has 0 aromatic heterocycles. The van der Waals surface area contributed by atoms with Crippen molar-refractivity contribution in [2.75, 3.05) is 0 Å². The molecule has 1 aliphatic carbocycles. The van der Waals surface area contributed by atoms with Gasteiger partial charge in [-0.2, -0.15) is 8.78 Å². The van der Waals surface area contributed by atoms with E-state index >= 15 is 0 Å². The molecule has 0 heterocycles. The third-order valence-electron chi connectivity index (χ3n) is 3.86. The highest BCUT2D eigenvalue weighted by molar-refractivity contribution is 5.64. The number of allylic oxidation sites excluding steroid dienone is 5. The summed E-state index contributed by atoms with van der Waals surface area (Å²) in [5.41, 5.74) is -1.31. The Labute approximate surface area is 155 Å². The van der Waals surface area contributed by atoms with E-state index in [1.54, 1.807) is 18.2 Å². The molecule has 3 rings (SSSR count). The van der Waals surface area contributed by atoms with Gasteiger partial charge in [-0.15, -0.1) is 0 Å². The molecule has 8 heteroatoms. The molecule has 0 fully saturated rings. The van der Waals surface area contributed by atoms with Crippen LogP contribution in [0.15, 0.2) is 78.1 Å². The first-order valence-corrected chi connectivity index (χ1v) is 7.90. The second kappa shape index (κ2) is 7.53. The molecule has 1 unspecified atom stereocenters. The van der Waals surface area contributed by atoms with Crippen molar-refractivity contribution >= 4 is 0 Å². The van der Waals surface area contributed by atoms with Crippen LogP contribution in [0.3, 0.4) is 0 Å². The fraction of sp³-hybridized carbons (Fsp3) is 0.100. The van der Waals surface area contributed by atoms with Gasteiger partial charge in [0.05, 0.1) is 0 Å². The third kappa shape index (κ3) is 3.95. The highest BCUT2D eigenvalue weighted by atomic mass is 19.3. The first-order chi connectivity index (χ1) is 13.2. The van der Waals surface area contributed by atoms with Crippen molar-refractivity contribution in [1.82, 2.24) is 0 Å². The average Bonchev–Trinajstić information content (AvgIpc) is 2.75. The van der Waals surface area contributed by atoms with Crippen LogP contribution in [-0.2, 0) is 10.8 Å². The van der Waals surface area contributed by atoms with Crippen LogP contribution < -0.4 is 0 Å². The molecule has 0 bridgehead atoms. The van der Waals surface area contributed by atoms with Gasteiger partial charge in [0.2, 0.25) is 0 Å². The summed E-state index contributed by atoms with van der Waals surface area (Å²) < 4.78 is 101. The lowest BCUT2D eigenvalue weighted by Gasteiger charge is -2.20. The molecule has 0 N–H and O–H groups in total. The maximum atomic E-state index is 14.3. The normalized spacial score (nSPS) is 17.4. The third-order valence-corrected chi connectivity index (χ3v) is 3.86. The number of rotatable bonds is 4. The molecular weight excluding hydrogens is 389 g/mol. The molecule has 0 saturated heterocycles. The fourth-order valence-electron chi connectivity index (χ4n) is 2.55. The SMILES string of the molecule is FC1=C(F)C(F)C=CC(OC(F)(F)c2c(F)cc(-c3ccccc3)cc2F)=C1. The summed E-state index contributed by atoms with van der Waals surface area (Å²) in [7, 11) is 0. The van der Waals surface area contributed by atoms with Gasteiger partial charge in [0.15, 0.2) is 17.8 Å². The van der Waals surface area contributed by atoms with E-state index in [1.807, 2.05) is 0 Å². The van der Waals surface area contributed by atoms with E-state index in [9.17, 15) is 30.7 Å². The van der Waals surface area contributed by atoms with Crippen molar-refractivity contribution in [3.8, 4) is 11.1 Å². The molecule has 1 nitrogen and oxygen atoms in total. The van der Waals surface area contributed by atoms with Gasteiger partial charge in [-0.1, -0.05) is 30.3 Å². The number of hydrogen-bond acceptors (Lipinski definition) is 1. The summed E-state index contributed by atoms with van der Waals surface area (Å²) in [5, 5.41) is 0. The Balaban J connectivity index is 1.96. The van der Waals surface area contributed by atoms with Crippen molar-refractivity contribution in [2.24, 2.45) is 0 Å². The van der Waals surface area contributed by atoms with Crippen LogP contribution in [0.5, 0.6) is 0 Å². The molecule has 28 heavy (non-hydrogen) atoms. The van der Waals surface area contributed by atoms with Gasteiger partial charge in [0, 0.05) is 6.08 Å². The lowest BCUT2D eigenvalue weighted by atomic mass is 10.0. The Morgan fingerprint density at radius 1 is 0.857 bits per heavy atom. The monoisotopic (exact) mass is 400 g/mol. The minimum absolute atomic E-state index is 0.0139. The Hall–Kier alpha value is -3.03. The summed E-state index contributed by atoms with van der Waals surface area (Å²) in [4.78, 5) is 0. The largest absolute Gasteiger partial charge is 0.432 e. The predicted octanol–water partition coefficient (Wildman–Crippen LogP) is 6.64. The van der Waals surface area contributed by atoms with Gasteiger partial charge in [-0.05, 0) is 35.4 Å². The number of benzene rings is 2. The number of ether oxygens (including phenoxy) is 1. The number of halogens is 7. The molecule has 1 atom stereocenters. The predicted molar refractivity (Wildman–Crippen MR) is 88.1 cm³/mol. The fourth-order valence-corrected chi connectivity index (χ4v) is 2.55. The molecule has 0 radical (unpaired) electrons. The molecule has 0 aliphatic heterocycles. The topological polar surface area (TPSA) is 9.23 Å². The Morgan fingerprint density at radius 3 is 2.07 bits per heavy atom. The molecule has 0 amide bonds. The number of hydrogen-bond donors (Lipinski definition) is 0. The van der Waals surface area contributed by atoms with E-state index < -0.39 is 46.9 Å². The zero-order valence-corrected chi connectivity index (χ0v) is 13.9.